The Hall–Kier alpha value is -0.950. The highest BCUT2D eigenvalue weighted by Gasteiger charge is 2.29. The summed E-state index contributed by atoms with van der Waals surface area (Å²) in [4.78, 5) is 20.7. The highest BCUT2D eigenvalue weighted by atomic mass is 35.5. The number of rotatable bonds is 5. The van der Waals surface area contributed by atoms with Crippen LogP contribution in [0.1, 0.15) is 50.6 Å². The van der Waals surface area contributed by atoms with E-state index in [2.05, 4.69) is 15.2 Å². The zero-order chi connectivity index (χ0) is 18.6. The molecule has 7 heteroatoms. The molecule has 1 unspecified atom stereocenters. The molecule has 4 nitrogen and oxygen atoms in total. The number of nitrogens with one attached hydrogen (secondary N) is 1. The van der Waals surface area contributed by atoms with Crippen LogP contribution in [0.2, 0.25) is 4.34 Å². The lowest BCUT2D eigenvalue weighted by Crippen LogP contribution is -2.40. The number of hydrogen-bond acceptors (Lipinski definition) is 5. The lowest BCUT2D eigenvalue weighted by molar-refractivity contribution is -0.121. The number of hydrogen-bond donors (Lipinski definition) is 1. The lowest BCUT2D eigenvalue weighted by atomic mass is 10.1. The third kappa shape index (κ3) is 5.11. The van der Waals surface area contributed by atoms with Gasteiger partial charge in [0.1, 0.15) is 5.01 Å². The fourth-order valence-electron chi connectivity index (χ4n) is 4.23. The number of nitrogens with zero attached hydrogens (tertiary/aromatic N) is 2. The minimum absolute atomic E-state index is 0.0868. The van der Waals surface area contributed by atoms with Crippen molar-refractivity contribution < 1.29 is 4.79 Å². The van der Waals surface area contributed by atoms with E-state index in [-0.39, 0.29) is 11.9 Å². The Morgan fingerprint density at radius 1 is 1.22 bits per heavy atom. The predicted molar refractivity (Wildman–Crippen MR) is 114 cm³/mol. The first-order chi connectivity index (χ1) is 13.2. The molecule has 0 radical (unpaired) electrons. The molecule has 2 aliphatic rings. The van der Waals surface area contributed by atoms with Gasteiger partial charge >= 0.3 is 0 Å². The maximum Gasteiger partial charge on any atom is 0.226 e. The molecule has 1 amide bonds. The molecule has 0 bridgehead atoms. The van der Waals surface area contributed by atoms with Crippen LogP contribution in [0, 0.1) is 0 Å². The maximum absolute atomic E-state index is 12.5. The molecule has 2 fully saturated rings. The van der Waals surface area contributed by atoms with Crippen molar-refractivity contribution in [3.63, 3.8) is 0 Å². The Bertz CT molecular complexity index is 767. The molecule has 0 aromatic carbocycles. The largest absolute Gasteiger partial charge is 0.352 e. The van der Waals surface area contributed by atoms with Crippen LogP contribution in [0.5, 0.6) is 0 Å². The number of thiazole rings is 1. The molecule has 1 N–H and O–H groups in total. The van der Waals surface area contributed by atoms with E-state index in [1.807, 2.05) is 17.5 Å². The van der Waals surface area contributed by atoms with E-state index in [1.165, 1.54) is 49.9 Å². The first-order valence-electron chi connectivity index (χ1n) is 9.91. The molecule has 1 aliphatic carbocycles. The van der Waals surface area contributed by atoms with Crippen LogP contribution < -0.4 is 5.32 Å². The van der Waals surface area contributed by atoms with Gasteiger partial charge in [-0.1, -0.05) is 37.3 Å². The normalized spacial score (nSPS) is 22.0. The first-order valence-corrected chi connectivity index (χ1v) is 12.0. The third-order valence-corrected chi connectivity index (χ3v) is 7.89. The average molecular weight is 424 g/mol. The molecule has 1 saturated heterocycles. The van der Waals surface area contributed by atoms with Crippen molar-refractivity contribution in [2.45, 2.75) is 63.5 Å². The molecular formula is C20H26ClN3OS2. The summed E-state index contributed by atoms with van der Waals surface area (Å²) in [5.74, 6) is 0.0868. The van der Waals surface area contributed by atoms with Crippen molar-refractivity contribution in [2.75, 3.05) is 13.1 Å². The zero-order valence-corrected chi connectivity index (χ0v) is 17.8. The summed E-state index contributed by atoms with van der Waals surface area (Å²) in [5.41, 5.74) is 0.843. The molecule has 1 atom stereocenters. The summed E-state index contributed by atoms with van der Waals surface area (Å²) < 4.78 is 0.763. The Balaban J connectivity index is 1.27. The molecule has 2 aromatic heterocycles. The topological polar surface area (TPSA) is 45.2 Å². The second-order valence-electron chi connectivity index (χ2n) is 7.62. The Labute approximate surface area is 173 Å². The third-order valence-electron chi connectivity index (χ3n) is 5.60. The van der Waals surface area contributed by atoms with Crippen LogP contribution in [0.3, 0.4) is 0 Å². The Kier molecular flexibility index (Phi) is 6.48. The Morgan fingerprint density at radius 3 is 2.78 bits per heavy atom. The predicted octanol–water partition coefficient (Wildman–Crippen LogP) is 4.98. The summed E-state index contributed by atoms with van der Waals surface area (Å²) in [7, 11) is 0. The minimum Gasteiger partial charge on any atom is -0.352 e. The average Bonchev–Trinajstić information content (AvgIpc) is 3.34. The molecular weight excluding hydrogens is 398 g/mol. The van der Waals surface area contributed by atoms with Gasteiger partial charge in [-0.2, -0.15) is 0 Å². The number of halogens is 1. The van der Waals surface area contributed by atoms with E-state index in [0.29, 0.717) is 6.42 Å². The van der Waals surface area contributed by atoms with Gasteiger partial charge in [-0.3, -0.25) is 9.69 Å². The van der Waals surface area contributed by atoms with Crippen LogP contribution in [0.15, 0.2) is 17.5 Å². The second-order valence-corrected chi connectivity index (χ2v) is 10.2. The van der Waals surface area contributed by atoms with Crippen molar-refractivity contribution in [3.8, 4) is 9.88 Å². The summed E-state index contributed by atoms with van der Waals surface area (Å²) >= 11 is 9.10. The van der Waals surface area contributed by atoms with Crippen molar-refractivity contribution in [2.24, 2.45) is 0 Å². The summed E-state index contributed by atoms with van der Waals surface area (Å²) in [5, 5.41) is 6.15. The fourth-order valence-corrected chi connectivity index (χ4v) is 6.17. The lowest BCUT2D eigenvalue weighted by Gasteiger charge is -2.26. The van der Waals surface area contributed by atoms with Crippen LogP contribution in [-0.2, 0) is 11.2 Å². The van der Waals surface area contributed by atoms with E-state index in [4.69, 9.17) is 11.6 Å². The SMILES string of the molecule is O=C(Cc1csc(-c2ccc(Cl)s2)n1)NC1CCN(C2CCCCCC2)C1. The van der Waals surface area contributed by atoms with Crippen LogP contribution >= 0.6 is 34.3 Å². The second kappa shape index (κ2) is 9.03. The van der Waals surface area contributed by atoms with Crippen molar-refractivity contribution in [3.05, 3.63) is 27.5 Å². The van der Waals surface area contributed by atoms with Gasteiger partial charge in [0.15, 0.2) is 0 Å². The van der Waals surface area contributed by atoms with Gasteiger partial charge in [0, 0.05) is 30.6 Å². The molecule has 146 valence electrons. The standard InChI is InChI=1S/C20H26ClN3OS2/c21-18-8-7-17(27-18)20-23-15(13-26-20)11-19(25)22-14-9-10-24(12-14)16-5-3-1-2-4-6-16/h7-8,13-14,16H,1-6,9-12H2,(H,22,25). The van der Waals surface area contributed by atoms with Crippen LogP contribution in [-0.4, -0.2) is 41.0 Å². The van der Waals surface area contributed by atoms with E-state index >= 15 is 0 Å². The molecule has 1 aliphatic heterocycles. The highest BCUT2D eigenvalue weighted by Crippen LogP contribution is 2.33. The smallest absolute Gasteiger partial charge is 0.226 e. The van der Waals surface area contributed by atoms with Crippen molar-refractivity contribution in [1.82, 2.24) is 15.2 Å². The molecule has 0 spiro atoms. The number of aromatic nitrogens is 1. The van der Waals surface area contributed by atoms with E-state index in [9.17, 15) is 4.79 Å². The fraction of sp³-hybridized carbons (Fsp3) is 0.600. The van der Waals surface area contributed by atoms with Crippen molar-refractivity contribution in [1.29, 1.82) is 0 Å². The summed E-state index contributed by atoms with van der Waals surface area (Å²) in [6.07, 6.45) is 9.58. The number of amides is 1. The monoisotopic (exact) mass is 423 g/mol. The van der Waals surface area contributed by atoms with Gasteiger partial charge in [0.2, 0.25) is 5.91 Å². The highest BCUT2D eigenvalue weighted by molar-refractivity contribution is 7.23. The van der Waals surface area contributed by atoms with E-state index in [1.54, 1.807) is 11.3 Å². The molecule has 27 heavy (non-hydrogen) atoms. The van der Waals surface area contributed by atoms with Gasteiger partial charge in [0.05, 0.1) is 21.3 Å². The molecule has 4 rings (SSSR count). The molecule has 1 saturated carbocycles. The number of thiophene rings is 1. The zero-order valence-electron chi connectivity index (χ0n) is 15.5. The number of carbonyl (C=O) groups is 1. The van der Waals surface area contributed by atoms with Crippen LogP contribution in [0.25, 0.3) is 9.88 Å². The maximum atomic E-state index is 12.5. The van der Waals surface area contributed by atoms with Gasteiger partial charge in [-0.25, -0.2) is 4.98 Å². The molecule has 3 heterocycles. The quantitative estimate of drug-likeness (QED) is 0.689. The van der Waals surface area contributed by atoms with Gasteiger partial charge in [-0.05, 0) is 31.4 Å². The van der Waals surface area contributed by atoms with Crippen molar-refractivity contribution >= 4 is 40.2 Å². The first kappa shape index (κ1) is 19.4. The van der Waals surface area contributed by atoms with Gasteiger partial charge in [0.25, 0.3) is 0 Å². The number of likely N-dealkylation sites (tertiary alicyclic amines) is 1. The Morgan fingerprint density at radius 2 is 2.04 bits per heavy atom. The van der Waals surface area contributed by atoms with E-state index < -0.39 is 0 Å². The van der Waals surface area contributed by atoms with E-state index in [0.717, 1.165) is 45.5 Å². The summed E-state index contributed by atoms with van der Waals surface area (Å²) in [6.45, 7) is 2.13. The van der Waals surface area contributed by atoms with Crippen LogP contribution in [0.4, 0.5) is 0 Å². The molecule has 2 aromatic rings. The summed E-state index contributed by atoms with van der Waals surface area (Å²) in [6, 6.07) is 4.88. The number of carbonyl (C=O) groups excluding carboxylic acids is 1. The van der Waals surface area contributed by atoms with Gasteiger partial charge < -0.3 is 5.32 Å². The minimum atomic E-state index is 0.0868. The van der Waals surface area contributed by atoms with Gasteiger partial charge in [-0.15, -0.1) is 22.7 Å².